The van der Waals surface area contributed by atoms with Gasteiger partial charge in [0.1, 0.15) is 0 Å². The van der Waals surface area contributed by atoms with Crippen molar-refractivity contribution in [3.63, 3.8) is 0 Å². The number of nitrogens with zero attached hydrogens (tertiary/aromatic N) is 1. The fraction of sp³-hybridized carbons (Fsp3) is 0.643. The van der Waals surface area contributed by atoms with Crippen LogP contribution in [0.3, 0.4) is 0 Å². The molecule has 2 unspecified atom stereocenters. The monoisotopic (exact) mass is 312 g/mol. The van der Waals surface area contributed by atoms with Gasteiger partial charge in [-0.1, -0.05) is 0 Å². The summed E-state index contributed by atoms with van der Waals surface area (Å²) < 4.78 is 6.70. The van der Waals surface area contributed by atoms with E-state index in [2.05, 4.69) is 38.4 Å². The van der Waals surface area contributed by atoms with Crippen LogP contribution in [0.2, 0.25) is 0 Å². The predicted molar refractivity (Wildman–Crippen MR) is 76.7 cm³/mol. The molecule has 1 aliphatic heterocycles. The smallest absolute Gasteiger partial charge is 0.0576 e. The van der Waals surface area contributed by atoms with Crippen LogP contribution in [0, 0.1) is 0 Å². The average molecular weight is 313 g/mol. The molecule has 0 aromatic carbocycles. The molecule has 2 atom stereocenters. The number of aromatic nitrogens is 1. The molecule has 0 radical (unpaired) electrons. The Morgan fingerprint density at radius 1 is 1.56 bits per heavy atom. The van der Waals surface area contributed by atoms with Gasteiger partial charge in [0.15, 0.2) is 0 Å². The van der Waals surface area contributed by atoms with Gasteiger partial charge in [-0.15, -0.1) is 0 Å². The van der Waals surface area contributed by atoms with Gasteiger partial charge in [-0.05, 0) is 60.8 Å². The van der Waals surface area contributed by atoms with Crippen LogP contribution < -0.4 is 5.32 Å². The number of rotatable bonds is 6. The van der Waals surface area contributed by atoms with Crippen LogP contribution in [0.25, 0.3) is 0 Å². The van der Waals surface area contributed by atoms with E-state index in [9.17, 15) is 0 Å². The molecule has 2 rings (SSSR count). The Hall–Kier alpha value is -0.450. The first-order valence-electron chi connectivity index (χ1n) is 6.67. The zero-order valence-corrected chi connectivity index (χ0v) is 12.4. The minimum Gasteiger partial charge on any atom is -0.378 e. The number of pyridine rings is 1. The Morgan fingerprint density at radius 3 is 3.06 bits per heavy atom. The van der Waals surface area contributed by atoms with Crippen molar-refractivity contribution in [2.24, 2.45) is 0 Å². The Kier molecular flexibility index (Phi) is 5.60. The summed E-state index contributed by atoms with van der Waals surface area (Å²) in [4.78, 5) is 4.43. The lowest BCUT2D eigenvalue weighted by Gasteiger charge is -2.18. The highest BCUT2D eigenvalue weighted by Crippen LogP contribution is 2.18. The molecule has 1 aromatic heterocycles. The molecule has 0 bridgehead atoms. The Labute approximate surface area is 117 Å². The molecular formula is C14H21BrN2O. The predicted octanol–water partition coefficient (Wildman–Crippen LogP) is 2.93. The Balaban J connectivity index is 1.79. The van der Waals surface area contributed by atoms with Gasteiger partial charge in [0.2, 0.25) is 0 Å². The number of nitrogens with one attached hydrogen (secondary N) is 1. The number of ether oxygens (including phenoxy) is 1. The Morgan fingerprint density at radius 2 is 2.44 bits per heavy atom. The highest BCUT2D eigenvalue weighted by Gasteiger charge is 2.17. The lowest BCUT2D eigenvalue weighted by molar-refractivity contribution is 0.0998. The SMILES string of the molecule is CNC(CCC1CCCO1)Cc1ccc(Br)cn1. The van der Waals surface area contributed by atoms with Crippen molar-refractivity contribution >= 4 is 15.9 Å². The molecule has 1 saturated heterocycles. The summed E-state index contributed by atoms with van der Waals surface area (Å²) in [6.07, 6.45) is 8.09. The van der Waals surface area contributed by atoms with E-state index in [0.29, 0.717) is 12.1 Å². The molecule has 18 heavy (non-hydrogen) atoms. The third-order valence-corrected chi connectivity index (χ3v) is 3.98. The first-order chi connectivity index (χ1) is 8.78. The minimum atomic E-state index is 0.485. The molecule has 100 valence electrons. The molecule has 1 aliphatic rings. The molecular weight excluding hydrogens is 292 g/mol. The van der Waals surface area contributed by atoms with E-state index < -0.39 is 0 Å². The van der Waals surface area contributed by atoms with E-state index in [1.54, 1.807) is 0 Å². The second kappa shape index (κ2) is 7.22. The minimum absolute atomic E-state index is 0.485. The Bertz CT molecular complexity index is 349. The molecule has 1 N–H and O–H groups in total. The van der Waals surface area contributed by atoms with Gasteiger partial charge in [-0.25, -0.2) is 0 Å². The fourth-order valence-electron chi connectivity index (χ4n) is 2.39. The van der Waals surface area contributed by atoms with Gasteiger partial charge >= 0.3 is 0 Å². The van der Waals surface area contributed by atoms with Gasteiger partial charge in [0.05, 0.1) is 6.10 Å². The maximum Gasteiger partial charge on any atom is 0.0576 e. The molecule has 0 saturated carbocycles. The quantitative estimate of drug-likeness (QED) is 0.877. The average Bonchev–Trinajstić information content (AvgIpc) is 2.90. The van der Waals surface area contributed by atoms with Crippen molar-refractivity contribution in [2.75, 3.05) is 13.7 Å². The van der Waals surface area contributed by atoms with Crippen molar-refractivity contribution in [1.29, 1.82) is 0 Å². The van der Waals surface area contributed by atoms with E-state index in [4.69, 9.17) is 4.74 Å². The van der Waals surface area contributed by atoms with Crippen molar-refractivity contribution in [3.8, 4) is 0 Å². The number of hydrogen-bond acceptors (Lipinski definition) is 3. The van der Waals surface area contributed by atoms with E-state index in [-0.39, 0.29) is 0 Å². The van der Waals surface area contributed by atoms with E-state index in [1.807, 2.05) is 13.2 Å². The third-order valence-electron chi connectivity index (χ3n) is 3.51. The molecule has 1 fully saturated rings. The lowest BCUT2D eigenvalue weighted by Crippen LogP contribution is -2.29. The van der Waals surface area contributed by atoms with Crippen LogP contribution in [0.15, 0.2) is 22.8 Å². The summed E-state index contributed by atoms with van der Waals surface area (Å²) in [5, 5.41) is 3.38. The van der Waals surface area contributed by atoms with Crippen LogP contribution in [0.1, 0.15) is 31.4 Å². The van der Waals surface area contributed by atoms with Crippen LogP contribution in [0.5, 0.6) is 0 Å². The highest BCUT2D eigenvalue weighted by atomic mass is 79.9. The van der Waals surface area contributed by atoms with Crippen molar-refractivity contribution < 1.29 is 4.74 Å². The molecule has 0 aliphatic carbocycles. The van der Waals surface area contributed by atoms with Crippen molar-refractivity contribution in [1.82, 2.24) is 10.3 Å². The maximum atomic E-state index is 5.66. The van der Waals surface area contributed by atoms with Crippen LogP contribution >= 0.6 is 15.9 Å². The third kappa shape index (κ3) is 4.34. The highest BCUT2D eigenvalue weighted by molar-refractivity contribution is 9.10. The normalized spacial score (nSPS) is 21.1. The topological polar surface area (TPSA) is 34.1 Å². The van der Waals surface area contributed by atoms with E-state index >= 15 is 0 Å². The van der Waals surface area contributed by atoms with E-state index in [1.165, 1.54) is 12.8 Å². The first kappa shape index (κ1) is 14.0. The molecule has 2 heterocycles. The second-order valence-corrected chi connectivity index (χ2v) is 5.79. The summed E-state index contributed by atoms with van der Waals surface area (Å²) in [5.74, 6) is 0. The summed E-state index contributed by atoms with van der Waals surface area (Å²) >= 11 is 3.41. The maximum absolute atomic E-state index is 5.66. The zero-order valence-electron chi connectivity index (χ0n) is 10.9. The molecule has 0 amide bonds. The summed E-state index contributed by atoms with van der Waals surface area (Å²) in [6.45, 7) is 0.948. The molecule has 4 heteroatoms. The van der Waals surface area contributed by atoms with Gasteiger partial charge < -0.3 is 10.1 Å². The van der Waals surface area contributed by atoms with Crippen LogP contribution in [0.4, 0.5) is 0 Å². The van der Waals surface area contributed by atoms with E-state index in [0.717, 1.165) is 36.0 Å². The van der Waals surface area contributed by atoms with Gasteiger partial charge in [-0.3, -0.25) is 4.98 Å². The summed E-state index contributed by atoms with van der Waals surface area (Å²) in [5.41, 5.74) is 1.14. The number of halogens is 1. The standard InChI is InChI=1S/C14H21BrN2O/c1-16-12(6-7-14-3-2-8-18-14)9-13-5-4-11(15)10-17-13/h4-5,10,12,14,16H,2-3,6-9H2,1H3. The van der Waals surface area contributed by atoms with Crippen LogP contribution in [-0.4, -0.2) is 30.8 Å². The lowest BCUT2D eigenvalue weighted by atomic mass is 10.0. The molecule has 1 aromatic rings. The molecule has 3 nitrogen and oxygen atoms in total. The second-order valence-electron chi connectivity index (χ2n) is 4.87. The van der Waals surface area contributed by atoms with Gasteiger partial charge in [0.25, 0.3) is 0 Å². The molecule has 0 spiro atoms. The van der Waals surface area contributed by atoms with Crippen molar-refractivity contribution in [3.05, 3.63) is 28.5 Å². The van der Waals surface area contributed by atoms with Gasteiger partial charge in [0, 0.05) is 35.4 Å². The largest absolute Gasteiger partial charge is 0.378 e. The van der Waals surface area contributed by atoms with Gasteiger partial charge in [-0.2, -0.15) is 0 Å². The number of likely N-dealkylation sites (N-methyl/N-ethyl adjacent to an activating group) is 1. The summed E-state index contributed by atoms with van der Waals surface area (Å²) in [6, 6.07) is 4.62. The van der Waals surface area contributed by atoms with Crippen molar-refractivity contribution in [2.45, 2.75) is 44.2 Å². The summed E-state index contributed by atoms with van der Waals surface area (Å²) in [7, 11) is 2.03. The number of hydrogen-bond donors (Lipinski definition) is 1. The van der Waals surface area contributed by atoms with Crippen LogP contribution in [-0.2, 0) is 11.2 Å². The zero-order chi connectivity index (χ0) is 12.8. The fourth-order valence-corrected chi connectivity index (χ4v) is 2.62. The first-order valence-corrected chi connectivity index (χ1v) is 7.46.